The fourth-order valence-electron chi connectivity index (χ4n) is 3.80. The molecule has 29 heavy (non-hydrogen) atoms. The molecular formula is C19H27NO8S. The highest BCUT2D eigenvalue weighted by Gasteiger charge is 2.43. The van der Waals surface area contributed by atoms with Gasteiger partial charge in [-0.05, 0) is 25.0 Å². The molecule has 0 amide bonds. The average Bonchev–Trinajstić information content (AvgIpc) is 2.71. The van der Waals surface area contributed by atoms with Gasteiger partial charge < -0.3 is 24.1 Å². The lowest BCUT2D eigenvalue weighted by molar-refractivity contribution is -0.157. The van der Waals surface area contributed by atoms with Crippen LogP contribution in [0.1, 0.15) is 19.3 Å². The van der Waals surface area contributed by atoms with Gasteiger partial charge >= 0.3 is 5.97 Å². The largest absolute Gasteiger partial charge is 0.495 e. The Bertz CT molecular complexity index is 814. The van der Waals surface area contributed by atoms with Crippen molar-refractivity contribution in [2.24, 2.45) is 0 Å². The molecule has 0 unspecified atom stereocenters. The van der Waals surface area contributed by atoms with E-state index in [1.54, 1.807) is 18.2 Å². The van der Waals surface area contributed by atoms with Gasteiger partial charge in [0.2, 0.25) is 10.0 Å². The molecule has 0 saturated carbocycles. The average molecular weight is 429 g/mol. The molecule has 0 aromatic heterocycles. The zero-order chi connectivity index (χ0) is 21.0. The van der Waals surface area contributed by atoms with Crippen LogP contribution in [0.15, 0.2) is 29.2 Å². The quantitative estimate of drug-likeness (QED) is 0.676. The van der Waals surface area contributed by atoms with Crippen molar-refractivity contribution in [3.05, 3.63) is 24.3 Å². The van der Waals surface area contributed by atoms with E-state index in [0.717, 1.165) is 0 Å². The van der Waals surface area contributed by atoms with Crippen LogP contribution in [0.25, 0.3) is 0 Å². The van der Waals surface area contributed by atoms with Crippen molar-refractivity contribution in [1.82, 2.24) is 4.31 Å². The van der Waals surface area contributed by atoms with Crippen LogP contribution in [0.5, 0.6) is 5.75 Å². The van der Waals surface area contributed by atoms with E-state index in [2.05, 4.69) is 0 Å². The zero-order valence-electron chi connectivity index (χ0n) is 16.5. The van der Waals surface area contributed by atoms with Gasteiger partial charge in [-0.3, -0.25) is 4.79 Å². The van der Waals surface area contributed by atoms with Crippen LogP contribution in [0.3, 0.4) is 0 Å². The Balaban J connectivity index is 1.90. The minimum atomic E-state index is -3.97. The van der Waals surface area contributed by atoms with Crippen molar-refractivity contribution >= 4 is 16.0 Å². The van der Waals surface area contributed by atoms with E-state index in [9.17, 15) is 18.3 Å². The number of carbonyl (C=O) groups excluding carboxylic acids is 1. The summed E-state index contributed by atoms with van der Waals surface area (Å²) in [5, 5.41) is 10.3. The van der Waals surface area contributed by atoms with Crippen molar-refractivity contribution in [3.8, 4) is 5.75 Å². The molecule has 1 aromatic carbocycles. The fraction of sp³-hybridized carbons (Fsp3) is 0.632. The summed E-state index contributed by atoms with van der Waals surface area (Å²) in [5.74, 6) is -0.147. The molecule has 2 saturated heterocycles. The van der Waals surface area contributed by atoms with Gasteiger partial charge in [0.25, 0.3) is 0 Å². The Morgan fingerprint density at radius 2 is 2.00 bits per heavy atom. The zero-order valence-corrected chi connectivity index (χ0v) is 17.3. The van der Waals surface area contributed by atoms with Gasteiger partial charge in [-0.1, -0.05) is 12.1 Å². The summed E-state index contributed by atoms with van der Waals surface area (Å²) in [6, 6.07) is 5.85. The van der Waals surface area contributed by atoms with E-state index in [4.69, 9.17) is 18.9 Å². The maximum Gasteiger partial charge on any atom is 0.308 e. The topological polar surface area (TPSA) is 112 Å². The van der Waals surface area contributed by atoms with Crippen molar-refractivity contribution in [2.45, 2.75) is 48.5 Å². The van der Waals surface area contributed by atoms with Crippen LogP contribution in [0.4, 0.5) is 0 Å². The van der Waals surface area contributed by atoms with Gasteiger partial charge in [-0.25, -0.2) is 8.42 Å². The molecule has 0 bridgehead atoms. The van der Waals surface area contributed by atoms with Gasteiger partial charge in [0.05, 0.1) is 58.2 Å². The Labute approximate surface area is 170 Å². The molecule has 10 heteroatoms. The molecule has 1 N–H and O–H groups in total. The molecule has 2 aliphatic rings. The van der Waals surface area contributed by atoms with Crippen LogP contribution >= 0.6 is 0 Å². The summed E-state index contributed by atoms with van der Waals surface area (Å²) in [7, 11) is -1.25. The third kappa shape index (κ3) is 4.89. The van der Waals surface area contributed by atoms with Crippen LogP contribution < -0.4 is 4.74 Å². The Morgan fingerprint density at radius 3 is 2.72 bits per heavy atom. The predicted octanol–water partition coefficient (Wildman–Crippen LogP) is 0.556. The number of hydrogen-bond acceptors (Lipinski definition) is 8. The summed E-state index contributed by atoms with van der Waals surface area (Å²) < 4.78 is 49.8. The third-order valence-corrected chi connectivity index (χ3v) is 7.14. The number of para-hydroxylation sites is 1. The van der Waals surface area contributed by atoms with E-state index in [1.807, 2.05) is 0 Å². The van der Waals surface area contributed by atoms with Gasteiger partial charge in [0, 0.05) is 6.54 Å². The molecule has 0 spiro atoms. The number of benzene rings is 1. The van der Waals surface area contributed by atoms with Crippen molar-refractivity contribution in [1.29, 1.82) is 0 Å². The minimum Gasteiger partial charge on any atom is -0.495 e. The molecule has 162 valence electrons. The fourth-order valence-corrected chi connectivity index (χ4v) is 5.67. The normalized spacial score (nSPS) is 28.7. The number of fused-ring (bicyclic) bond motifs is 1. The second-order valence-corrected chi connectivity index (χ2v) is 9.00. The molecular weight excluding hydrogens is 402 g/mol. The van der Waals surface area contributed by atoms with Crippen molar-refractivity contribution in [2.75, 3.05) is 34.0 Å². The number of esters is 1. The molecule has 2 aliphatic heterocycles. The first-order valence-electron chi connectivity index (χ1n) is 9.49. The van der Waals surface area contributed by atoms with E-state index < -0.39 is 28.3 Å². The highest BCUT2D eigenvalue weighted by Crippen LogP contribution is 2.34. The molecule has 4 atom stereocenters. The molecule has 2 heterocycles. The minimum absolute atomic E-state index is 0.00775. The van der Waals surface area contributed by atoms with Gasteiger partial charge in [-0.15, -0.1) is 0 Å². The SMILES string of the molecule is COC(=O)C[C@@H]1CC[C@@H]2[C@H](COC[C@H](O)CN2S(=O)(=O)c2ccccc2OC)O1. The maximum atomic E-state index is 13.5. The second-order valence-electron chi connectivity index (χ2n) is 7.14. The lowest BCUT2D eigenvalue weighted by Crippen LogP contribution is -2.57. The lowest BCUT2D eigenvalue weighted by atomic mass is 9.96. The molecule has 0 radical (unpaired) electrons. The highest BCUT2D eigenvalue weighted by atomic mass is 32.2. The number of nitrogens with zero attached hydrogens (tertiary/aromatic N) is 1. The number of sulfonamides is 1. The summed E-state index contributed by atoms with van der Waals surface area (Å²) in [6.07, 6.45) is -0.834. The summed E-state index contributed by atoms with van der Waals surface area (Å²) in [4.78, 5) is 11.6. The van der Waals surface area contributed by atoms with Gasteiger partial charge in [0.15, 0.2) is 0 Å². The van der Waals surface area contributed by atoms with Gasteiger partial charge in [-0.2, -0.15) is 4.31 Å². The maximum absolute atomic E-state index is 13.5. The van der Waals surface area contributed by atoms with Crippen molar-refractivity contribution in [3.63, 3.8) is 0 Å². The number of rotatable bonds is 5. The standard InChI is InChI=1S/C19H27NO8S/c1-25-16-5-3-4-6-18(16)29(23,24)20-10-13(21)11-27-12-17-15(20)8-7-14(28-17)9-19(22)26-2/h3-6,13-15,17,21H,7-12H2,1-2H3/t13-,14+,15-,17+/m1/s1. The van der Waals surface area contributed by atoms with Crippen LogP contribution in [0, 0.1) is 0 Å². The molecule has 1 aromatic rings. The number of aliphatic hydroxyl groups excluding tert-OH is 1. The Hall–Kier alpha value is -1.72. The third-order valence-electron chi connectivity index (χ3n) is 5.21. The van der Waals surface area contributed by atoms with Crippen molar-refractivity contribution < 1.29 is 37.3 Å². The van der Waals surface area contributed by atoms with E-state index in [1.165, 1.54) is 24.6 Å². The van der Waals surface area contributed by atoms with Crippen LogP contribution in [0.2, 0.25) is 0 Å². The predicted molar refractivity (Wildman–Crippen MR) is 102 cm³/mol. The number of β-amino-alcohol motifs (C(OH)–C–C–N with tert-alkyl or cyclic N) is 1. The Kier molecular flexibility index (Phi) is 7.12. The first-order chi connectivity index (χ1) is 13.9. The van der Waals surface area contributed by atoms with E-state index in [0.29, 0.717) is 12.8 Å². The Morgan fingerprint density at radius 1 is 1.24 bits per heavy atom. The summed E-state index contributed by atoms with van der Waals surface area (Å²) in [5.41, 5.74) is 0. The second kappa shape index (κ2) is 9.40. The molecule has 2 fully saturated rings. The first-order valence-corrected chi connectivity index (χ1v) is 10.9. The van der Waals surface area contributed by atoms with Crippen LogP contribution in [-0.4, -0.2) is 82.1 Å². The molecule has 3 rings (SSSR count). The number of hydrogen-bond donors (Lipinski definition) is 1. The van der Waals surface area contributed by atoms with Crippen LogP contribution in [-0.2, 0) is 29.0 Å². The highest BCUT2D eigenvalue weighted by molar-refractivity contribution is 7.89. The smallest absolute Gasteiger partial charge is 0.308 e. The van der Waals surface area contributed by atoms with Gasteiger partial charge in [0.1, 0.15) is 10.6 Å². The molecule has 0 aliphatic carbocycles. The lowest BCUT2D eigenvalue weighted by Gasteiger charge is -2.43. The van der Waals surface area contributed by atoms with E-state index in [-0.39, 0.29) is 48.9 Å². The van der Waals surface area contributed by atoms with E-state index >= 15 is 0 Å². The summed E-state index contributed by atoms with van der Waals surface area (Å²) >= 11 is 0. The summed E-state index contributed by atoms with van der Waals surface area (Å²) in [6.45, 7) is -0.00386. The number of ether oxygens (including phenoxy) is 4. The first kappa shape index (κ1) is 22.0. The molecule has 9 nitrogen and oxygen atoms in total. The number of methoxy groups -OCH3 is 2. The number of carbonyl (C=O) groups is 1. The number of aliphatic hydroxyl groups is 1. The monoisotopic (exact) mass is 429 g/mol.